The quantitative estimate of drug-likeness (QED) is 0.722. The minimum atomic E-state index is -2.83. The summed E-state index contributed by atoms with van der Waals surface area (Å²) in [4.78, 5) is 0.869. The molecule has 22 heavy (non-hydrogen) atoms. The minimum absolute atomic E-state index is 0.207. The molecule has 0 aliphatic heterocycles. The van der Waals surface area contributed by atoms with Gasteiger partial charge in [-0.1, -0.05) is 72.0 Å². The van der Waals surface area contributed by atoms with E-state index in [1.54, 1.807) is 24.3 Å². The highest BCUT2D eigenvalue weighted by atomic mass is 32.7. The van der Waals surface area contributed by atoms with E-state index in [0.717, 1.165) is 15.5 Å². The molecule has 0 spiro atoms. The molecule has 0 aromatic heterocycles. The van der Waals surface area contributed by atoms with Crippen molar-refractivity contribution in [2.45, 2.75) is 4.90 Å². The predicted octanol–water partition coefficient (Wildman–Crippen LogP) is 4.41. The van der Waals surface area contributed by atoms with E-state index in [-0.39, 0.29) is 5.75 Å². The van der Waals surface area contributed by atoms with Crippen LogP contribution in [0.15, 0.2) is 89.8 Å². The molecule has 4 heteroatoms. The average molecular weight is 326 g/mol. The van der Waals surface area contributed by atoms with Gasteiger partial charge in [0.2, 0.25) is 0 Å². The zero-order chi connectivity index (χ0) is 15.4. The maximum Gasteiger partial charge on any atom is 0.199 e. The van der Waals surface area contributed by atoms with Crippen molar-refractivity contribution in [1.29, 1.82) is 0 Å². The van der Waals surface area contributed by atoms with Crippen LogP contribution in [-0.4, -0.2) is 5.11 Å². The second kappa shape index (κ2) is 6.43. The molecular formula is C18H15O2PS. The minimum Gasteiger partial charge on any atom is -0.508 e. The summed E-state index contributed by atoms with van der Waals surface area (Å²) in [5.41, 5.74) is 0. The molecule has 0 aliphatic carbocycles. The Bertz CT molecular complexity index is 743. The van der Waals surface area contributed by atoms with Crippen molar-refractivity contribution in [3.63, 3.8) is 0 Å². The highest BCUT2D eigenvalue weighted by Gasteiger charge is 2.28. The van der Waals surface area contributed by atoms with Gasteiger partial charge < -0.3 is 9.67 Å². The largest absolute Gasteiger partial charge is 0.508 e. The first-order valence-electron chi connectivity index (χ1n) is 6.88. The number of hydrogen-bond donors (Lipinski definition) is 1. The maximum absolute atomic E-state index is 13.8. The molecule has 0 atom stereocenters. The van der Waals surface area contributed by atoms with Crippen LogP contribution in [0.5, 0.6) is 5.75 Å². The Kier molecular flexibility index (Phi) is 4.37. The lowest BCUT2D eigenvalue weighted by Crippen LogP contribution is -2.13. The van der Waals surface area contributed by atoms with Gasteiger partial charge in [-0.15, -0.1) is 0 Å². The van der Waals surface area contributed by atoms with Crippen LogP contribution in [0.25, 0.3) is 0 Å². The molecule has 0 fully saturated rings. The summed E-state index contributed by atoms with van der Waals surface area (Å²) >= 11 is 1.35. The van der Waals surface area contributed by atoms with Crippen molar-refractivity contribution in [2.24, 2.45) is 0 Å². The van der Waals surface area contributed by atoms with E-state index in [9.17, 15) is 9.67 Å². The fourth-order valence-corrected chi connectivity index (χ4v) is 6.97. The molecule has 0 aliphatic rings. The summed E-state index contributed by atoms with van der Waals surface area (Å²) in [6, 6.07) is 25.9. The average Bonchev–Trinajstić information content (AvgIpc) is 2.58. The number of phenolic OH excluding ortho intramolecular Hbond substituents is 1. The molecule has 3 aromatic rings. The van der Waals surface area contributed by atoms with Gasteiger partial charge >= 0.3 is 0 Å². The highest BCUT2D eigenvalue weighted by molar-refractivity contribution is 8.62. The van der Waals surface area contributed by atoms with E-state index in [1.807, 2.05) is 60.7 Å². The first-order valence-corrected chi connectivity index (χ1v) is 10.0. The molecule has 0 amide bonds. The SMILES string of the molecule is O=P(Sc1ccc(O)cc1)(c1ccccc1)c1ccccc1. The van der Waals surface area contributed by atoms with Crippen molar-refractivity contribution >= 4 is 28.3 Å². The zero-order valence-corrected chi connectivity index (χ0v) is 13.5. The highest BCUT2D eigenvalue weighted by Crippen LogP contribution is 2.59. The second-order valence-corrected chi connectivity index (χ2v) is 9.69. The molecule has 0 heterocycles. The van der Waals surface area contributed by atoms with Crippen molar-refractivity contribution in [2.75, 3.05) is 0 Å². The summed E-state index contributed by atoms with van der Waals surface area (Å²) in [6.45, 7) is 0. The smallest absolute Gasteiger partial charge is 0.199 e. The van der Waals surface area contributed by atoms with E-state index < -0.39 is 6.34 Å². The standard InChI is InChI=1S/C18H15O2PS/c19-15-11-13-18(14-12-15)22-21(20,16-7-3-1-4-8-16)17-9-5-2-6-10-17/h1-14,19H. The normalized spacial score (nSPS) is 11.3. The number of phenols is 1. The van der Waals surface area contributed by atoms with Gasteiger partial charge in [0, 0.05) is 15.5 Å². The number of benzene rings is 3. The van der Waals surface area contributed by atoms with Crippen LogP contribution >= 0.6 is 17.7 Å². The fraction of sp³-hybridized carbons (Fsp3) is 0. The molecule has 3 rings (SSSR count). The third-order valence-electron chi connectivity index (χ3n) is 3.26. The van der Waals surface area contributed by atoms with Crippen LogP contribution in [0.4, 0.5) is 0 Å². The van der Waals surface area contributed by atoms with Crippen molar-refractivity contribution in [3.8, 4) is 5.75 Å². The molecule has 0 saturated carbocycles. The lowest BCUT2D eigenvalue weighted by atomic mass is 10.3. The van der Waals surface area contributed by atoms with Gasteiger partial charge in [0.05, 0.1) is 0 Å². The van der Waals surface area contributed by atoms with Gasteiger partial charge in [0.25, 0.3) is 0 Å². The fourth-order valence-electron chi connectivity index (χ4n) is 2.16. The molecule has 2 nitrogen and oxygen atoms in total. The number of aromatic hydroxyl groups is 1. The second-order valence-electron chi connectivity index (χ2n) is 4.81. The Morgan fingerprint density at radius 2 is 1.14 bits per heavy atom. The van der Waals surface area contributed by atoms with Crippen LogP contribution in [0.1, 0.15) is 0 Å². The van der Waals surface area contributed by atoms with E-state index in [0.29, 0.717) is 0 Å². The van der Waals surface area contributed by atoms with Crippen molar-refractivity contribution in [1.82, 2.24) is 0 Å². The van der Waals surface area contributed by atoms with E-state index >= 15 is 0 Å². The van der Waals surface area contributed by atoms with E-state index in [2.05, 4.69) is 0 Å². The third kappa shape index (κ3) is 3.11. The molecule has 3 aromatic carbocycles. The van der Waals surface area contributed by atoms with Gasteiger partial charge in [-0.25, -0.2) is 0 Å². The van der Waals surface area contributed by atoms with E-state index in [4.69, 9.17) is 0 Å². The van der Waals surface area contributed by atoms with Gasteiger partial charge in [-0.2, -0.15) is 0 Å². The number of hydrogen-bond acceptors (Lipinski definition) is 3. The van der Waals surface area contributed by atoms with Crippen LogP contribution in [0.2, 0.25) is 0 Å². The number of rotatable bonds is 4. The molecule has 0 radical (unpaired) electrons. The summed E-state index contributed by atoms with van der Waals surface area (Å²) in [5, 5.41) is 11.0. The molecule has 1 N–H and O–H groups in total. The van der Waals surface area contributed by atoms with Gasteiger partial charge in [-0.3, -0.25) is 0 Å². The molecular weight excluding hydrogens is 311 g/mol. The molecule has 0 saturated heterocycles. The molecule has 110 valence electrons. The zero-order valence-electron chi connectivity index (χ0n) is 11.8. The predicted molar refractivity (Wildman–Crippen MR) is 93.7 cm³/mol. The Balaban J connectivity index is 2.08. The van der Waals surface area contributed by atoms with Gasteiger partial charge in [0.15, 0.2) is 6.34 Å². The summed E-state index contributed by atoms with van der Waals surface area (Å²) < 4.78 is 13.8. The lowest BCUT2D eigenvalue weighted by Gasteiger charge is -2.18. The van der Waals surface area contributed by atoms with Crippen LogP contribution < -0.4 is 10.6 Å². The Hall–Kier alpha value is -1.96. The first-order chi connectivity index (χ1) is 10.7. The van der Waals surface area contributed by atoms with Crippen LogP contribution in [0, 0.1) is 0 Å². The van der Waals surface area contributed by atoms with Crippen molar-refractivity contribution in [3.05, 3.63) is 84.9 Å². The van der Waals surface area contributed by atoms with E-state index in [1.165, 1.54) is 11.4 Å². The summed E-state index contributed by atoms with van der Waals surface area (Å²) in [5.74, 6) is 0.207. The molecule has 0 unspecified atom stereocenters. The topological polar surface area (TPSA) is 37.3 Å². The Morgan fingerprint density at radius 1 is 0.682 bits per heavy atom. The third-order valence-corrected chi connectivity index (χ3v) is 8.63. The first kappa shape index (κ1) is 15.0. The summed E-state index contributed by atoms with van der Waals surface area (Å²) in [7, 11) is 0. The Morgan fingerprint density at radius 3 is 1.59 bits per heavy atom. The summed E-state index contributed by atoms with van der Waals surface area (Å²) in [6.07, 6.45) is -2.83. The maximum atomic E-state index is 13.8. The van der Waals surface area contributed by atoms with Gasteiger partial charge in [0.1, 0.15) is 5.75 Å². The van der Waals surface area contributed by atoms with Gasteiger partial charge in [-0.05, 0) is 24.3 Å². The molecule has 0 bridgehead atoms. The Labute approximate surface area is 134 Å². The monoisotopic (exact) mass is 326 g/mol. The van der Waals surface area contributed by atoms with Crippen molar-refractivity contribution < 1.29 is 9.67 Å². The van der Waals surface area contributed by atoms with Crippen LogP contribution in [0.3, 0.4) is 0 Å². The van der Waals surface area contributed by atoms with Crippen LogP contribution in [-0.2, 0) is 4.57 Å². The lowest BCUT2D eigenvalue weighted by molar-refractivity contribution is 0.475.